The zero-order valence-electron chi connectivity index (χ0n) is 15.7. The van der Waals surface area contributed by atoms with E-state index in [9.17, 15) is 8.42 Å². The number of benzene rings is 1. The highest BCUT2D eigenvalue weighted by atomic mass is 32.2. The van der Waals surface area contributed by atoms with Crippen molar-refractivity contribution in [3.63, 3.8) is 0 Å². The average molecular weight is 367 g/mol. The van der Waals surface area contributed by atoms with E-state index in [2.05, 4.69) is 40.4 Å². The first kappa shape index (κ1) is 20.4. The maximum Gasteiger partial charge on any atom is 0.214 e. The topological polar surface area (TPSA) is 58.2 Å². The van der Waals surface area contributed by atoms with E-state index in [0.717, 1.165) is 45.2 Å². The predicted molar refractivity (Wildman–Crippen MR) is 105 cm³/mol. The quantitative estimate of drug-likeness (QED) is 0.623. The van der Waals surface area contributed by atoms with Gasteiger partial charge in [-0.05, 0) is 83.4 Å². The number of nitrogens with one attached hydrogen (secondary N) is 2. The Balaban J connectivity index is 1.52. The molecule has 1 fully saturated rings. The smallest absolute Gasteiger partial charge is 0.214 e. The normalized spacial score (nSPS) is 21.6. The predicted octanol–water partition coefficient (Wildman–Crippen LogP) is 3.49. The molecule has 0 bridgehead atoms. The molecule has 1 aromatic rings. The Morgan fingerprint density at radius 3 is 2.36 bits per heavy atom. The molecule has 1 aromatic carbocycles. The van der Waals surface area contributed by atoms with Gasteiger partial charge in [0, 0.05) is 6.04 Å². The molecule has 25 heavy (non-hydrogen) atoms. The zero-order valence-corrected chi connectivity index (χ0v) is 16.5. The van der Waals surface area contributed by atoms with Gasteiger partial charge in [0.25, 0.3) is 0 Å². The number of unbranched alkanes of at least 4 members (excludes halogenated alkanes) is 1. The number of hydrogen-bond donors (Lipinski definition) is 2. The van der Waals surface area contributed by atoms with Gasteiger partial charge in [0.15, 0.2) is 0 Å². The van der Waals surface area contributed by atoms with Crippen molar-refractivity contribution < 1.29 is 8.42 Å². The Morgan fingerprint density at radius 1 is 1.04 bits per heavy atom. The molecule has 2 N–H and O–H groups in total. The van der Waals surface area contributed by atoms with E-state index >= 15 is 0 Å². The molecule has 0 saturated heterocycles. The van der Waals surface area contributed by atoms with Crippen molar-refractivity contribution >= 4 is 10.0 Å². The molecular formula is C20H34N2O2S. The molecule has 0 aliphatic heterocycles. The summed E-state index contributed by atoms with van der Waals surface area (Å²) in [6, 6.07) is 10.8. The minimum Gasteiger partial charge on any atom is -0.316 e. The van der Waals surface area contributed by atoms with E-state index in [1.54, 1.807) is 13.8 Å². The van der Waals surface area contributed by atoms with Gasteiger partial charge in [-0.1, -0.05) is 30.3 Å². The van der Waals surface area contributed by atoms with Gasteiger partial charge in [-0.2, -0.15) is 0 Å². The molecule has 142 valence electrons. The summed E-state index contributed by atoms with van der Waals surface area (Å²) in [6.45, 7) is 5.60. The van der Waals surface area contributed by atoms with Crippen molar-refractivity contribution in [3.05, 3.63) is 35.9 Å². The standard InChI is InChI=1S/C20H34N2O2S/c1-17(2)25(23,24)22-20-13-11-19(12-14-20)16-21-15-7-6-10-18-8-4-3-5-9-18/h3-5,8-9,17,19-22H,6-7,10-16H2,1-2H3. The van der Waals surface area contributed by atoms with Gasteiger partial charge in [-0.15, -0.1) is 0 Å². The molecule has 0 spiro atoms. The maximum absolute atomic E-state index is 11.9. The van der Waals surface area contributed by atoms with Crippen molar-refractivity contribution in [1.82, 2.24) is 10.0 Å². The minimum atomic E-state index is -3.13. The van der Waals surface area contributed by atoms with E-state index in [1.165, 1.54) is 18.4 Å². The monoisotopic (exact) mass is 366 g/mol. The van der Waals surface area contributed by atoms with Crippen LogP contribution in [-0.2, 0) is 16.4 Å². The van der Waals surface area contributed by atoms with Crippen LogP contribution in [0.4, 0.5) is 0 Å². The highest BCUT2D eigenvalue weighted by Gasteiger charge is 2.26. The molecule has 0 aromatic heterocycles. The van der Waals surface area contributed by atoms with Crippen molar-refractivity contribution in [2.45, 2.75) is 70.1 Å². The van der Waals surface area contributed by atoms with Crippen molar-refractivity contribution in [1.29, 1.82) is 0 Å². The molecule has 1 aliphatic rings. The van der Waals surface area contributed by atoms with Gasteiger partial charge < -0.3 is 5.32 Å². The van der Waals surface area contributed by atoms with Crippen molar-refractivity contribution in [2.24, 2.45) is 5.92 Å². The van der Waals surface area contributed by atoms with Crippen LogP contribution in [0.3, 0.4) is 0 Å². The molecule has 0 amide bonds. The Hall–Kier alpha value is -0.910. The largest absolute Gasteiger partial charge is 0.316 e. The number of rotatable bonds is 10. The van der Waals surface area contributed by atoms with Crippen molar-refractivity contribution in [3.8, 4) is 0 Å². The summed E-state index contributed by atoms with van der Waals surface area (Å²) in [7, 11) is -3.13. The molecular weight excluding hydrogens is 332 g/mol. The third-order valence-corrected chi connectivity index (χ3v) is 7.05. The lowest BCUT2D eigenvalue weighted by Gasteiger charge is -2.29. The molecule has 0 atom stereocenters. The molecule has 4 nitrogen and oxygen atoms in total. The van der Waals surface area contributed by atoms with E-state index in [-0.39, 0.29) is 11.3 Å². The SMILES string of the molecule is CC(C)S(=O)(=O)NC1CCC(CNCCCCc2ccccc2)CC1. The van der Waals surface area contributed by atoms with E-state index in [0.29, 0.717) is 5.92 Å². The van der Waals surface area contributed by atoms with Crippen LogP contribution in [-0.4, -0.2) is 32.8 Å². The van der Waals surface area contributed by atoms with Crippen LogP contribution >= 0.6 is 0 Å². The van der Waals surface area contributed by atoms with Crippen LogP contribution in [0.15, 0.2) is 30.3 Å². The fourth-order valence-electron chi connectivity index (χ4n) is 3.38. The molecule has 0 radical (unpaired) electrons. The van der Waals surface area contributed by atoms with Gasteiger partial charge in [-0.3, -0.25) is 0 Å². The Bertz CT molecular complexity index is 579. The van der Waals surface area contributed by atoms with E-state index in [1.807, 2.05) is 0 Å². The zero-order chi connectivity index (χ0) is 18.1. The maximum atomic E-state index is 11.9. The third kappa shape index (κ3) is 7.47. The fraction of sp³-hybridized carbons (Fsp3) is 0.700. The molecule has 0 heterocycles. The third-order valence-electron chi connectivity index (χ3n) is 5.14. The average Bonchev–Trinajstić information content (AvgIpc) is 2.60. The summed E-state index contributed by atoms with van der Waals surface area (Å²) in [5.41, 5.74) is 1.42. The van der Waals surface area contributed by atoms with Crippen LogP contribution in [0.2, 0.25) is 0 Å². The van der Waals surface area contributed by atoms with Crippen LogP contribution in [0.1, 0.15) is 57.9 Å². The molecule has 1 aliphatic carbocycles. The van der Waals surface area contributed by atoms with Gasteiger partial charge in [0.1, 0.15) is 0 Å². The van der Waals surface area contributed by atoms with Gasteiger partial charge >= 0.3 is 0 Å². The lowest BCUT2D eigenvalue weighted by atomic mass is 9.86. The minimum absolute atomic E-state index is 0.134. The van der Waals surface area contributed by atoms with E-state index < -0.39 is 10.0 Å². The second-order valence-electron chi connectivity index (χ2n) is 7.58. The second kappa shape index (κ2) is 10.3. The Kier molecular flexibility index (Phi) is 8.40. The number of hydrogen-bond acceptors (Lipinski definition) is 3. The summed E-state index contributed by atoms with van der Waals surface area (Å²) in [5, 5.41) is 3.24. The van der Waals surface area contributed by atoms with Gasteiger partial charge in [0.05, 0.1) is 5.25 Å². The summed E-state index contributed by atoms with van der Waals surface area (Å²) in [4.78, 5) is 0. The number of sulfonamides is 1. The molecule has 0 unspecified atom stereocenters. The molecule has 1 saturated carbocycles. The van der Waals surface area contributed by atoms with Gasteiger partial charge in [0.2, 0.25) is 10.0 Å². The van der Waals surface area contributed by atoms with Crippen LogP contribution < -0.4 is 10.0 Å². The molecule has 5 heteroatoms. The Labute approximate surface area is 153 Å². The second-order valence-corrected chi connectivity index (χ2v) is 9.84. The lowest BCUT2D eigenvalue weighted by molar-refractivity contribution is 0.302. The lowest BCUT2D eigenvalue weighted by Crippen LogP contribution is -2.42. The van der Waals surface area contributed by atoms with Crippen LogP contribution in [0.5, 0.6) is 0 Å². The summed E-state index contributed by atoms with van der Waals surface area (Å²) in [5.74, 6) is 0.689. The first-order valence-corrected chi connectivity index (χ1v) is 11.3. The first-order valence-electron chi connectivity index (χ1n) is 9.73. The van der Waals surface area contributed by atoms with Crippen LogP contribution in [0, 0.1) is 5.92 Å². The Morgan fingerprint density at radius 2 is 1.72 bits per heavy atom. The number of aryl methyl sites for hydroxylation is 1. The summed E-state index contributed by atoms with van der Waals surface area (Å²) in [6.07, 6.45) is 7.74. The van der Waals surface area contributed by atoms with Crippen molar-refractivity contribution in [2.75, 3.05) is 13.1 Å². The van der Waals surface area contributed by atoms with E-state index in [4.69, 9.17) is 0 Å². The fourth-order valence-corrected chi connectivity index (χ4v) is 4.36. The summed E-state index contributed by atoms with van der Waals surface area (Å²) < 4.78 is 26.7. The highest BCUT2D eigenvalue weighted by Crippen LogP contribution is 2.24. The molecule has 2 rings (SSSR count). The van der Waals surface area contributed by atoms with Gasteiger partial charge in [-0.25, -0.2) is 13.1 Å². The first-order chi connectivity index (χ1) is 12.0. The summed E-state index contributed by atoms with van der Waals surface area (Å²) >= 11 is 0. The van der Waals surface area contributed by atoms with Crippen LogP contribution in [0.25, 0.3) is 0 Å². The highest BCUT2D eigenvalue weighted by molar-refractivity contribution is 7.90.